The van der Waals surface area contributed by atoms with E-state index in [-0.39, 0.29) is 17.2 Å². The smallest absolute Gasteiger partial charge is 0.279 e. The van der Waals surface area contributed by atoms with Gasteiger partial charge in [-0.25, -0.2) is 0 Å². The van der Waals surface area contributed by atoms with Gasteiger partial charge in [0.05, 0.1) is 11.1 Å². The minimum absolute atomic E-state index is 0.199. The first-order chi connectivity index (χ1) is 14.5. The average Bonchev–Trinajstić information content (AvgIpc) is 2.76. The molecule has 0 aliphatic rings. The van der Waals surface area contributed by atoms with Crippen LogP contribution in [0.3, 0.4) is 0 Å². The molecule has 150 valence electrons. The molecule has 6 nitrogen and oxygen atoms in total. The molecule has 3 aromatic carbocycles. The number of nitrogens with one attached hydrogen (secondary N) is 1. The molecule has 6 heteroatoms. The fourth-order valence-corrected chi connectivity index (χ4v) is 3.35. The summed E-state index contributed by atoms with van der Waals surface area (Å²) in [5, 5.41) is 8.34. The van der Waals surface area contributed by atoms with Crippen LogP contribution >= 0.6 is 0 Å². The van der Waals surface area contributed by atoms with Gasteiger partial charge in [-0.05, 0) is 48.9 Å². The Morgan fingerprint density at radius 3 is 2.27 bits per heavy atom. The van der Waals surface area contributed by atoms with Gasteiger partial charge in [-0.3, -0.25) is 9.59 Å². The van der Waals surface area contributed by atoms with E-state index < -0.39 is 0 Å². The molecule has 1 N–H and O–H groups in total. The Morgan fingerprint density at radius 2 is 1.60 bits per heavy atom. The van der Waals surface area contributed by atoms with Crippen molar-refractivity contribution >= 4 is 28.1 Å². The summed E-state index contributed by atoms with van der Waals surface area (Å²) in [5.41, 5.74) is 3.23. The fraction of sp³-hybridized carbons (Fsp3) is 0.125. The molecule has 0 radical (unpaired) electrons. The lowest BCUT2D eigenvalue weighted by molar-refractivity contribution is 0.102. The molecule has 1 aromatic heterocycles. The number of hydrogen-bond acceptors (Lipinski definition) is 4. The third kappa shape index (κ3) is 3.55. The summed E-state index contributed by atoms with van der Waals surface area (Å²) in [7, 11) is 3.94. The van der Waals surface area contributed by atoms with Gasteiger partial charge in [-0.2, -0.15) is 9.78 Å². The van der Waals surface area contributed by atoms with Gasteiger partial charge in [0.1, 0.15) is 0 Å². The highest BCUT2D eigenvalue weighted by atomic mass is 16.2. The summed E-state index contributed by atoms with van der Waals surface area (Å²) in [4.78, 5) is 28.2. The Kier molecular flexibility index (Phi) is 5.06. The lowest BCUT2D eigenvalue weighted by Gasteiger charge is -2.16. The first-order valence-corrected chi connectivity index (χ1v) is 9.62. The Labute approximate surface area is 174 Å². The third-order valence-corrected chi connectivity index (χ3v) is 5.00. The first-order valence-electron chi connectivity index (χ1n) is 9.62. The van der Waals surface area contributed by atoms with Crippen molar-refractivity contribution in [3.05, 3.63) is 94.4 Å². The lowest BCUT2D eigenvalue weighted by Crippen LogP contribution is -2.26. The number of nitrogens with zero attached hydrogens (tertiary/aromatic N) is 3. The molecule has 0 aliphatic carbocycles. The zero-order valence-electron chi connectivity index (χ0n) is 17.1. The molecule has 1 heterocycles. The number of carbonyl (C=O) groups excluding carboxylic acids is 1. The first kappa shape index (κ1) is 19.4. The number of anilines is 2. The van der Waals surface area contributed by atoms with Crippen molar-refractivity contribution in [3.8, 4) is 5.69 Å². The van der Waals surface area contributed by atoms with Crippen LogP contribution in [0.4, 0.5) is 11.4 Å². The number of rotatable bonds is 4. The number of aryl methyl sites for hydroxylation is 1. The van der Waals surface area contributed by atoms with Crippen LogP contribution in [-0.4, -0.2) is 29.8 Å². The van der Waals surface area contributed by atoms with Gasteiger partial charge in [0, 0.05) is 30.9 Å². The Balaban J connectivity index is 1.81. The molecule has 0 aliphatic heterocycles. The van der Waals surface area contributed by atoms with Crippen LogP contribution in [0.15, 0.2) is 77.6 Å². The molecule has 0 bridgehead atoms. The SMILES string of the molecule is Cc1cc(N(C)C)ccc1NC(=O)c1nn(-c2ccccc2)c(=O)c2ccccc12. The summed E-state index contributed by atoms with van der Waals surface area (Å²) in [6, 6.07) is 22.0. The molecule has 4 rings (SSSR count). The standard InChI is InChI=1S/C24H22N4O2/c1-16-15-18(27(2)3)13-14-21(16)25-23(29)22-19-11-7-8-12-20(19)24(30)28(26-22)17-9-5-4-6-10-17/h4-15H,1-3H3,(H,25,29). The largest absolute Gasteiger partial charge is 0.378 e. The maximum atomic E-state index is 13.2. The summed E-state index contributed by atoms with van der Waals surface area (Å²) < 4.78 is 1.28. The average molecular weight is 398 g/mol. The van der Waals surface area contributed by atoms with Crippen LogP contribution in [0, 0.1) is 6.92 Å². The van der Waals surface area contributed by atoms with Gasteiger partial charge in [-0.1, -0.05) is 36.4 Å². The van der Waals surface area contributed by atoms with Crippen molar-refractivity contribution in [1.29, 1.82) is 0 Å². The van der Waals surface area contributed by atoms with Crippen molar-refractivity contribution < 1.29 is 4.79 Å². The van der Waals surface area contributed by atoms with E-state index in [0.29, 0.717) is 22.1 Å². The third-order valence-electron chi connectivity index (χ3n) is 5.00. The Morgan fingerprint density at radius 1 is 0.933 bits per heavy atom. The molecule has 1 amide bonds. The molecule has 0 atom stereocenters. The number of carbonyl (C=O) groups is 1. The van der Waals surface area contributed by atoms with Crippen molar-refractivity contribution in [1.82, 2.24) is 9.78 Å². The topological polar surface area (TPSA) is 67.2 Å². The van der Waals surface area contributed by atoms with Gasteiger partial charge < -0.3 is 10.2 Å². The molecule has 0 spiro atoms. The second-order valence-electron chi connectivity index (χ2n) is 7.29. The van der Waals surface area contributed by atoms with Gasteiger partial charge in [0.25, 0.3) is 11.5 Å². The van der Waals surface area contributed by atoms with E-state index in [0.717, 1.165) is 11.3 Å². The van der Waals surface area contributed by atoms with Crippen molar-refractivity contribution in [2.24, 2.45) is 0 Å². The van der Waals surface area contributed by atoms with E-state index in [4.69, 9.17) is 0 Å². The molecular formula is C24H22N4O2. The van der Waals surface area contributed by atoms with E-state index in [1.807, 2.05) is 62.3 Å². The Bertz CT molecular complexity index is 1290. The van der Waals surface area contributed by atoms with Crippen molar-refractivity contribution in [2.45, 2.75) is 6.92 Å². The minimum atomic E-state index is -0.364. The zero-order valence-corrected chi connectivity index (χ0v) is 17.1. The normalized spacial score (nSPS) is 10.8. The van der Waals surface area contributed by atoms with Crippen LogP contribution in [0.25, 0.3) is 16.5 Å². The Hall–Kier alpha value is -3.93. The van der Waals surface area contributed by atoms with E-state index in [2.05, 4.69) is 10.4 Å². The van der Waals surface area contributed by atoms with E-state index >= 15 is 0 Å². The number of amides is 1. The highest BCUT2D eigenvalue weighted by Gasteiger charge is 2.18. The van der Waals surface area contributed by atoms with E-state index in [1.165, 1.54) is 4.68 Å². The monoisotopic (exact) mass is 398 g/mol. The molecule has 0 unspecified atom stereocenters. The predicted octanol–water partition coefficient (Wildman–Crippen LogP) is 4.01. The van der Waals surface area contributed by atoms with Crippen LogP contribution in [0.5, 0.6) is 0 Å². The highest BCUT2D eigenvalue weighted by Crippen LogP contribution is 2.23. The molecule has 0 saturated carbocycles. The van der Waals surface area contributed by atoms with Crippen molar-refractivity contribution in [2.75, 3.05) is 24.3 Å². The number of para-hydroxylation sites is 1. The fourth-order valence-electron chi connectivity index (χ4n) is 3.35. The van der Waals surface area contributed by atoms with Crippen LogP contribution in [0.2, 0.25) is 0 Å². The minimum Gasteiger partial charge on any atom is -0.378 e. The number of fused-ring (bicyclic) bond motifs is 1. The molecule has 0 fully saturated rings. The van der Waals surface area contributed by atoms with Crippen LogP contribution in [-0.2, 0) is 0 Å². The summed E-state index contributed by atoms with van der Waals surface area (Å²) >= 11 is 0. The van der Waals surface area contributed by atoms with E-state index in [1.54, 1.807) is 36.4 Å². The number of aromatic nitrogens is 2. The molecule has 0 saturated heterocycles. The van der Waals surface area contributed by atoms with Gasteiger partial charge >= 0.3 is 0 Å². The van der Waals surface area contributed by atoms with Gasteiger partial charge in [0.2, 0.25) is 0 Å². The summed E-state index contributed by atoms with van der Waals surface area (Å²) in [6.07, 6.45) is 0. The number of benzene rings is 3. The van der Waals surface area contributed by atoms with Gasteiger partial charge in [0.15, 0.2) is 5.69 Å². The second-order valence-corrected chi connectivity index (χ2v) is 7.29. The zero-order chi connectivity index (χ0) is 21.3. The van der Waals surface area contributed by atoms with E-state index in [9.17, 15) is 9.59 Å². The van der Waals surface area contributed by atoms with Crippen LogP contribution < -0.4 is 15.8 Å². The maximum Gasteiger partial charge on any atom is 0.279 e. The molecule has 4 aromatic rings. The maximum absolute atomic E-state index is 13.2. The highest BCUT2D eigenvalue weighted by molar-refractivity contribution is 6.11. The molecular weight excluding hydrogens is 376 g/mol. The second kappa shape index (κ2) is 7.83. The van der Waals surface area contributed by atoms with Crippen LogP contribution in [0.1, 0.15) is 16.1 Å². The number of hydrogen-bond donors (Lipinski definition) is 1. The predicted molar refractivity (Wildman–Crippen MR) is 121 cm³/mol. The molecule has 30 heavy (non-hydrogen) atoms. The summed E-state index contributed by atoms with van der Waals surface area (Å²) in [5.74, 6) is -0.364. The van der Waals surface area contributed by atoms with Crippen molar-refractivity contribution in [3.63, 3.8) is 0 Å². The summed E-state index contributed by atoms with van der Waals surface area (Å²) in [6.45, 7) is 1.94. The van der Waals surface area contributed by atoms with Gasteiger partial charge in [-0.15, -0.1) is 0 Å². The quantitative estimate of drug-likeness (QED) is 0.564. The lowest BCUT2D eigenvalue weighted by atomic mass is 10.1.